The van der Waals surface area contributed by atoms with Crippen LogP contribution in [0.1, 0.15) is 33.6 Å². The van der Waals surface area contributed by atoms with Gasteiger partial charge in [-0.05, 0) is 37.8 Å². The van der Waals surface area contributed by atoms with E-state index in [0.717, 1.165) is 69.5 Å². The summed E-state index contributed by atoms with van der Waals surface area (Å²) in [5.74, 6) is 2.60. The molecule has 0 saturated carbocycles. The number of anilines is 1. The van der Waals surface area contributed by atoms with Crippen LogP contribution in [-0.4, -0.2) is 69.2 Å². The van der Waals surface area contributed by atoms with Gasteiger partial charge in [-0.15, -0.1) is 0 Å². The Hall–Kier alpha value is -2.44. The number of carbonyl (C=O) groups is 1. The first kappa shape index (κ1) is 22.2. The Morgan fingerprint density at radius 3 is 2.77 bits per heavy atom. The second-order valence-electron chi connectivity index (χ2n) is 8.56. The summed E-state index contributed by atoms with van der Waals surface area (Å²) in [5, 5.41) is 6.90. The molecule has 166 valence electrons. The van der Waals surface area contributed by atoms with E-state index in [1.807, 2.05) is 30.9 Å². The number of amides is 1. The fraction of sp³-hybridized carbons (Fsp3) is 0.652. The van der Waals surface area contributed by atoms with E-state index in [1.165, 1.54) is 0 Å². The minimum atomic E-state index is 0.0548. The molecule has 2 atom stereocenters. The highest BCUT2D eigenvalue weighted by Crippen LogP contribution is 2.32. The van der Waals surface area contributed by atoms with Gasteiger partial charge in [0.05, 0.1) is 12.8 Å². The van der Waals surface area contributed by atoms with Gasteiger partial charge in [-0.3, -0.25) is 9.79 Å². The number of carbonyl (C=O) groups excluding carboxylic acids is 1. The molecule has 30 heavy (non-hydrogen) atoms. The number of likely N-dealkylation sites (tertiary alicyclic amines) is 1. The van der Waals surface area contributed by atoms with Gasteiger partial charge in [0, 0.05) is 51.2 Å². The molecule has 0 aromatic heterocycles. The van der Waals surface area contributed by atoms with Crippen molar-refractivity contribution < 1.29 is 9.53 Å². The lowest BCUT2D eigenvalue weighted by molar-refractivity contribution is -0.133. The van der Waals surface area contributed by atoms with Gasteiger partial charge in [0.15, 0.2) is 5.96 Å². The van der Waals surface area contributed by atoms with Crippen molar-refractivity contribution in [2.45, 2.75) is 39.7 Å². The van der Waals surface area contributed by atoms with Crippen LogP contribution in [0.4, 0.5) is 5.69 Å². The van der Waals surface area contributed by atoms with E-state index in [0.29, 0.717) is 5.92 Å². The van der Waals surface area contributed by atoms with Gasteiger partial charge in [0.2, 0.25) is 5.91 Å². The summed E-state index contributed by atoms with van der Waals surface area (Å²) in [6.07, 6.45) is 2.09. The number of nitrogens with one attached hydrogen (secondary N) is 2. The van der Waals surface area contributed by atoms with Gasteiger partial charge in [-0.1, -0.05) is 26.0 Å². The number of para-hydroxylation sites is 2. The molecule has 7 nitrogen and oxygen atoms in total. The fourth-order valence-electron chi connectivity index (χ4n) is 4.27. The summed E-state index contributed by atoms with van der Waals surface area (Å²) in [4.78, 5) is 21.5. The molecule has 2 heterocycles. The average Bonchev–Trinajstić information content (AvgIpc) is 3.41. The Kier molecular flexibility index (Phi) is 7.82. The molecular weight excluding hydrogens is 378 g/mol. The normalized spacial score (nSPS) is 22.0. The monoisotopic (exact) mass is 415 g/mol. The number of methoxy groups -OCH3 is 1. The van der Waals surface area contributed by atoms with Crippen LogP contribution < -0.4 is 20.3 Å². The van der Waals surface area contributed by atoms with Crippen molar-refractivity contribution in [2.75, 3.05) is 51.3 Å². The maximum absolute atomic E-state index is 12.2. The van der Waals surface area contributed by atoms with Crippen molar-refractivity contribution in [3.8, 4) is 5.75 Å². The Labute approximate surface area is 180 Å². The molecule has 2 N–H and O–H groups in total. The summed E-state index contributed by atoms with van der Waals surface area (Å²) in [6, 6.07) is 8.47. The highest BCUT2D eigenvalue weighted by molar-refractivity contribution is 5.81. The van der Waals surface area contributed by atoms with E-state index in [1.54, 1.807) is 7.11 Å². The summed E-state index contributed by atoms with van der Waals surface area (Å²) in [5.41, 5.74) is 1.16. The van der Waals surface area contributed by atoms with Gasteiger partial charge in [-0.25, -0.2) is 0 Å². The van der Waals surface area contributed by atoms with Gasteiger partial charge in [-0.2, -0.15) is 0 Å². The molecule has 0 bridgehead atoms. The number of ether oxygens (including phenoxy) is 1. The van der Waals surface area contributed by atoms with E-state index >= 15 is 0 Å². The largest absolute Gasteiger partial charge is 0.495 e. The molecule has 2 fully saturated rings. The molecule has 0 spiro atoms. The first-order valence-corrected chi connectivity index (χ1v) is 11.2. The number of rotatable bonds is 7. The first-order chi connectivity index (χ1) is 14.5. The quantitative estimate of drug-likeness (QED) is 0.528. The first-order valence-electron chi connectivity index (χ1n) is 11.2. The smallest absolute Gasteiger partial charge is 0.225 e. The van der Waals surface area contributed by atoms with Gasteiger partial charge in [0.1, 0.15) is 5.75 Å². The Bertz CT molecular complexity index is 736. The average molecular weight is 416 g/mol. The predicted molar refractivity (Wildman–Crippen MR) is 122 cm³/mol. The minimum absolute atomic E-state index is 0.0548. The van der Waals surface area contributed by atoms with Crippen LogP contribution in [-0.2, 0) is 4.79 Å². The number of hydrogen-bond donors (Lipinski definition) is 2. The molecular formula is C23H37N5O2. The zero-order valence-electron chi connectivity index (χ0n) is 18.9. The lowest BCUT2D eigenvalue weighted by atomic mass is 10.1. The van der Waals surface area contributed by atoms with Gasteiger partial charge >= 0.3 is 0 Å². The Morgan fingerprint density at radius 1 is 1.23 bits per heavy atom. The summed E-state index contributed by atoms with van der Waals surface area (Å²) >= 11 is 0. The molecule has 2 saturated heterocycles. The predicted octanol–water partition coefficient (Wildman–Crippen LogP) is 2.33. The molecule has 1 amide bonds. The molecule has 7 heteroatoms. The van der Waals surface area contributed by atoms with E-state index in [9.17, 15) is 4.79 Å². The second-order valence-corrected chi connectivity index (χ2v) is 8.56. The van der Waals surface area contributed by atoms with E-state index < -0.39 is 0 Å². The van der Waals surface area contributed by atoms with Crippen LogP contribution >= 0.6 is 0 Å². The molecule has 1 aromatic carbocycles. The number of guanidine groups is 1. The third-order valence-electron chi connectivity index (χ3n) is 5.90. The van der Waals surface area contributed by atoms with Crippen LogP contribution in [0.5, 0.6) is 5.75 Å². The Balaban J connectivity index is 1.53. The molecule has 0 aliphatic carbocycles. The number of hydrogen-bond acceptors (Lipinski definition) is 4. The SMILES string of the molecule is CCNC(=NCC1CCN(c2ccccc2OC)C1)NC1CCN(C(=O)C(C)C)C1. The minimum Gasteiger partial charge on any atom is -0.495 e. The zero-order chi connectivity index (χ0) is 21.5. The standard InChI is InChI=1S/C23H37N5O2/c1-5-24-23(26-19-11-13-28(16-19)22(29)17(2)3)25-14-18-10-12-27(15-18)20-8-6-7-9-21(20)30-4/h6-9,17-19H,5,10-16H2,1-4H3,(H2,24,25,26). The highest BCUT2D eigenvalue weighted by atomic mass is 16.5. The molecule has 0 radical (unpaired) electrons. The maximum atomic E-state index is 12.2. The van der Waals surface area contributed by atoms with E-state index in [-0.39, 0.29) is 17.9 Å². The number of aliphatic imine (C=N–C) groups is 1. The second kappa shape index (κ2) is 10.5. The fourth-order valence-corrected chi connectivity index (χ4v) is 4.27. The van der Waals surface area contributed by atoms with Crippen molar-refractivity contribution >= 4 is 17.6 Å². The van der Waals surface area contributed by atoms with Crippen LogP contribution in [0.15, 0.2) is 29.3 Å². The zero-order valence-corrected chi connectivity index (χ0v) is 18.9. The summed E-state index contributed by atoms with van der Waals surface area (Å²) < 4.78 is 5.52. The van der Waals surface area contributed by atoms with Crippen molar-refractivity contribution in [1.29, 1.82) is 0 Å². The van der Waals surface area contributed by atoms with Crippen molar-refractivity contribution in [2.24, 2.45) is 16.8 Å². The lowest BCUT2D eigenvalue weighted by Gasteiger charge is -2.21. The number of benzene rings is 1. The lowest BCUT2D eigenvalue weighted by Crippen LogP contribution is -2.45. The molecule has 2 unspecified atom stereocenters. The van der Waals surface area contributed by atoms with Gasteiger partial charge < -0.3 is 25.2 Å². The molecule has 2 aliphatic heterocycles. The summed E-state index contributed by atoms with van der Waals surface area (Å²) in [6.45, 7) is 11.2. The number of nitrogens with zero attached hydrogens (tertiary/aromatic N) is 3. The van der Waals surface area contributed by atoms with E-state index in [4.69, 9.17) is 9.73 Å². The topological polar surface area (TPSA) is 69.2 Å². The van der Waals surface area contributed by atoms with Crippen LogP contribution in [0, 0.1) is 11.8 Å². The summed E-state index contributed by atoms with van der Waals surface area (Å²) in [7, 11) is 1.73. The van der Waals surface area contributed by atoms with Crippen molar-refractivity contribution in [3.63, 3.8) is 0 Å². The third-order valence-corrected chi connectivity index (χ3v) is 5.90. The van der Waals surface area contributed by atoms with Crippen molar-refractivity contribution in [1.82, 2.24) is 15.5 Å². The Morgan fingerprint density at radius 2 is 2.03 bits per heavy atom. The molecule has 2 aliphatic rings. The maximum Gasteiger partial charge on any atom is 0.225 e. The van der Waals surface area contributed by atoms with Crippen LogP contribution in [0.25, 0.3) is 0 Å². The van der Waals surface area contributed by atoms with Crippen LogP contribution in [0.2, 0.25) is 0 Å². The van der Waals surface area contributed by atoms with E-state index in [2.05, 4.69) is 34.6 Å². The van der Waals surface area contributed by atoms with Crippen LogP contribution in [0.3, 0.4) is 0 Å². The third kappa shape index (κ3) is 5.58. The van der Waals surface area contributed by atoms with Gasteiger partial charge in [0.25, 0.3) is 0 Å². The highest BCUT2D eigenvalue weighted by Gasteiger charge is 2.28. The van der Waals surface area contributed by atoms with Crippen molar-refractivity contribution in [3.05, 3.63) is 24.3 Å². The molecule has 3 rings (SSSR count). The molecule has 1 aromatic rings.